The number of nitrogens with one attached hydrogen (secondary N) is 2. The number of benzene rings is 3. The van der Waals surface area contributed by atoms with Crippen LogP contribution in [0.25, 0.3) is 0 Å². The molecule has 7 nitrogen and oxygen atoms in total. The van der Waals surface area contributed by atoms with Crippen LogP contribution in [0.3, 0.4) is 0 Å². The summed E-state index contributed by atoms with van der Waals surface area (Å²) in [6.45, 7) is 0. The Balaban J connectivity index is 1.92. The largest absolute Gasteiger partial charge is 0.382 e. The van der Waals surface area contributed by atoms with E-state index < -0.39 is 5.84 Å². The number of para-hydroxylation sites is 1. The van der Waals surface area contributed by atoms with Crippen molar-refractivity contribution in [1.29, 1.82) is 10.7 Å². The van der Waals surface area contributed by atoms with Crippen LogP contribution in [-0.2, 0) is 0 Å². The summed E-state index contributed by atoms with van der Waals surface area (Å²) in [7, 11) is 0. The van der Waals surface area contributed by atoms with Gasteiger partial charge in [0.05, 0.1) is 5.69 Å². The molecule has 0 heterocycles. The van der Waals surface area contributed by atoms with E-state index in [0.717, 1.165) is 5.69 Å². The lowest BCUT2D eigenvalue weighted by Crippen LogP contribution is -2.25. The molecule has 0 unspecified atom stereocenters. The van der Waals surface area contributed by atoms with Crippen LogP contribution in [0, 0.1) is 16.7 Å². The average molecular weight is 382 g/mol. The number of amides is 1. The normalized spacial score (nSPS) is 10.7. The van der Waals surface area contributed by atoms with E-state index in [1.807, 2.05) is 48.5 Å². The lowest BCUT2D eigenvalue weighted by Gasteiger charge is -2.23. The number of amidine groups is 1. The highest BCUT2D eigenvalue weighted by Crippen LogP contribution is 2.28. The third kappa shape index (κ3) is 4.64. The van der Waals surface area contributed by atoms with E-state index in [2.05, 4.69) is 10.5 Å². The van der Waals surface area contributed by atoms with Crippen molar-refractivity contribution in [2.24, 2.45) is 10.8 Å². The molecule has 7 heteroatoms. The maximum absolute atomic E-state index is 13.2. The fourth-order valence-corrected chi connectivity index (χ4v) is 2.62. The number of nitriles is 1. The minimum Gasteiger partial charge on any atom is -0.382 e. The molecule has 0 fully saturated rings. The van der Waals surface area contributed by atoms with Gasteiger partial charge in [0.25, 0.3) is 5.91 Å². The number of rotatable bonds is 6. The van der Waals surface area contributed by atoms with Gasteiger partial charge in [-0.3, -0.25) is 20.5 Å². The monoisotopic (exact) mass is 382 g/mol. The van der Waals surface area contributed by atoms with Crippen molar-refractivity contribution in [2.45, 2.75) is 0 Å². The molecule has 0 spiro atoms. The third-order valence-electron chi connectivity index (χ3n) is 4.02. The number of hydrogen-bond donors (Lipinski definition) is 3. The Labute approximate surface area is 168 Å². The van der Waals surface area contributed by atoms with Gasteiger partial charge in [0, 0.05) is 16.9 Å². The minimum absolute atomic E-state index is 0.154. The molecular weight excluding hydrogens is 364 g/mol. The van der Waals surface area contributed by atoms with Crippen LogP contribution >= 0.6 is 0 Å². The first kappa shape index (κ1) is 19.3. The van der Waals surface area contributed by atoms with E-state index in [1.165, 1.54) is 0 Å². The summed E-state index contributed by atoms with van der Waals surface area (Å²) >= 11 is 0. The smallest absolute Gasteiger partial charge is 0.262 e. The second-order valence-electron chi connectivity index (χ2n) is 5.99. The van der Waals surface area contributed by atoms with Crippen molar-refractivity contribution in [3.8, 4) is 6.07 Å². The van der Waals surface area contributed by atoms with Gasteiger partial charge in [0.1, 0.15) is 6.07 Å². The number of hydrazone groups is 1. The van der Waals surface area contributed by atoms with Crippen LogP contribution in [0.4, 0.5) is 17.1 Å². The molecule has 4 N–H and O–H groups in total. The second kappa shape index (κ2) is 8.97. The predicted molar refractivity (Wildman–Crippen MR) is 114 cm³/mol. The van der Waals surface area contributed by atoms with Crippen molar-refractivity contribution >= 4 is 34.5 Å². The Morgan fingerprint density at radius 3 is 2.03 bits per heavy atom. The third-order valence-corrected chi connectivity index (χ3v) is 4.02. The highest BCUT2D eigenvalue weighted by Gasteiger charge is 2.19. The summed E-state index contributed by atoms with van der Waals surface area (Å²) in [6.07, 6.45) is 0. The fourth-order valence-electron chi connectivity index (χ4n) is 2.62. The molecule has 0 aliphatic rings. The summed E-state index contributed by atoms with van der Waals surface area (Å²) in [4.78, 5) is 14.8. The van der Waals surface area contributed by atoms with E-state index in [1.54, 1.807) is 47.4 Å². The standard InChI is InChI=1S/C22H18N6O/c23-15-20(21(24)25)27-26-17-11-13-19(14-12-17)28(18-9-5-2-6-10-18)22(29)16-7-3-1-4-8-16/h1-14,26H,(H3,24,25)/b27-20+. The molecule has 3 rings (SSSR count). The SMILES string of the molecule is N#C/C(=N\Nc1ccc(N(C(=O)c2ccccc2)c2ccccc2)cc1)C(=N)N. The molecule has 0 atom stereocenters. The van der Waals surface area contributed by atoms with Gasteiger partial charge < -0.3 is 5.73 Å². The van der Waals surface area contributed by atoms with Crippen LogP contribution in [0.2, 0.25) is 0 Å². The molecule has 29 heavy (non-hydrogen) atoms. The zero-order chi connectivity index (χ0) is 20.6. The first-order valence-corrected chi connectivity index (χ1v) is 8.73. The average Bonchev–Trinajstić information content (AvgIpc) is 2.76. The van der Waals surface area contributed by atoms with Gasteiger partial charge in [-0.25, -0.2) is 0 Å². The Hall–Kier alpha value is -4.44. The van der Waals surface area contributed by atoms with Crippen molar-refractivity contribution in [1.82, 2.24) is 0 Å². The van der Waals surface area contributed by atoms with Crippen molar-refractivity contribution < 1.29 is 4.79 Å². The predicted octanol–water partition coefficient (Wildman–Crippen LogP) is 3.89. The highest BCUT2D eigenvalue weighted by molar-refractivity contribution is 6.45. The molecule has 142 valence electrons. The van der Waals surface area contributed by atoms with Crippen LogP contribution in [0.1, 0.15) is 10.4 Å². The van der Waals surface area contributed by atoms with Gasteiger partial charge in [-0.1, -0.05) is 36.4 Å². The van der Waals surface area contributed by atoms with Crippen LogP contribution in [0.15, 0.2) is 90.0 Å². The Morgan fingerprint density at radius 2 is 1.48 bits per heavy atom. The van der Waals surface area contributed by atoms with E-state index in [-0.39, 0.29) is 11.6 Å². The van der Waals surface area contributed by atoms with E-state index in [0.29, 0.717) is 16.9 Å². The maximum atomic E-state index is 13.2. The summed E-state index contributed by atoms with van der Waals surface area (Å²) in [5.41, 5.74) is 10.3. The highest BCUT2D eigenvalue weighted by atomic mass is 16.2. The molecule has 0 saturated heterocycles. The van der Waals surface area contributed by atoms with Gasteiger partial charge in [-0.2, -0.15) is 10.4 Å². The minimum atomic E-state index is -0.416. The van der Waals surface area contributed by atoms with Crippen molar-refractivity contribution in [3.05, 3.63) is 90.5 Å². The van der Waals surface area contributed by atoms with Gasteiger partial charge >= 0.3 is 0 Å². The quantitative estimate of drug-likeness (QED) is 0.340. The second-order valence-corrected chi connectivity index (χ2v) is 5.99. The Kier molecular flexibility index (Phi) is 5.98. The maximum Gasteiger partial charge on any atom is 0.262 e. The zero-order valence-corrected chi connectivity index (χ0v) is 15.4. The molecule has 3 aromatic carbocycles. The van der Waals surface area contributed by atoms with Crippen LogP contribution < -0.4 is 16.1 Å². The number of anilines is 3. The lowest BCUT2D eigenvalue weighted by atomic mass is 10.1. The Bertz CT molecular complexity index is 1070. The number of carbonyl (C=O) groups excluding carboxylic acids is 1. The van der Waals surface area contributed by atoms with Gasteiger partial charge in [-0.05, 0) is 48.5 Å². The number of carbonyl (C=O) groups is 1. The zero-order valence-electron chi connectivity index (χ0n) is 15.4. The summed E-state index contributed by atoms with van der Waals surface area (Å²) in [5, 5.41) is 20.0. The number of nitrogens with zero attached hydrogens (tertiary/aromatic N) is 3. The fraction of sp³-hybridized carbons (Fsp3) is 0. The van der Waals surface area contributed by atoms with E-state index in [9.17, 15) is 4.79 Å². The topological polar surface area (TPSA) is 118 Å². The first-order valence-electron chi connectivity index (χ1n) is 8.73. The van der Waals surface area contributed by atoms with Gasteiger partial charge in [0.2, 0.25) is 5.71 Å². The van der Waals surface area contributed by atoms with E-state index >= 15 is 0 Å². The molecule has 0 aromatic heterocycles. The summed E-state index contributed by atoms with van der Waals surface area (Å²) in [5.74, 6) is -0.570. The molecule has 0 saturated carbocycles. The lowest BCUT2D eigenvalue weighted by molar-refractivity contribution is 0.0999. The van der Waals surface area contributed by atoms with Gasteiger partial charge in [-0.15, -0.1) is 0 Å². The van der Waals surface area contributed by atoms with Crippen molar-refractivity contribution in [3.63, 3.8) is 0 Å². The number of nitrogens with two attached hydrogens (primary N) is 1. The molecule has 3 aromatic rings. The summed E-state index contributed by atoms with van der Waals surface area (Å²) in [6, 6.07) is 27.1. The van der Waals surface area contributed by atoms with Gasteiger partial charge in [0.15, 0.2) is 5.84 Å². The molecular formula is C22H18N6O. The molecule has 0 radical (unpaired) electrons. The molecule has 0 aliphatic carbocycles. The first-order chi connectivity index (χ1) is 14.1. The number of hydrogen-bond acceptors (Lipinski definition) is 5. The molecule has 1 amide bonds. The van der Waals surface area contributed by atoms with E-state index in [4.69, 9.17) is 16.4 Å². The molecule has 0 aliphatic heterocycles. The Morgan fingerprint density at radius 1 is 0.931 bits per heavy atom. The summed E-state index contributed by atoms with van der Waals surface area (Å²) < 4.78 is 0. The van der Waals surface area contributed by atoms with Crippen LogP contribution in [-0.4, -0.2) is 17.5 Å². The molecule has 0 bridgehead atoms. The van der Waals surface area contributed by atoms with Crippen molar-refractivity contribution in [2.75, 3.05) is 10.3 Å². The van der Waals surface area contributed by atoms with Crippen LogP contribution in [0.5, 0.6) is 0 Å².